The Bertz CT molecular complexity index is 463. The van der Waals surface area contributed by atoms with Crippen LogP contribution in [0.5, 0.6) is 0 Å². The summed E-state index contributed by atoms with van der Waals surface area (Å²) in [4.78, 5) is 14.1. The first-order chi connectivity index (χ1) is 11.1. The highest BCUT2D eigenvalue weighted by Gasteiger charge is 2.19. The second kappa shape index (κ2) is 10.9. The van der Waals surface area contributed by atoms with Crippen molar-refractivity contribution in [3.05, 3.63) is 48.6 Å². The molecule has 2 N–H and O–H groups in total. The molecule has 0 aliphatic carbocycles. The second-order valence-electron chi connectivity index (χ2n) is 5.09. The van der Waals surface area contributed by atoms with Crippen LogP contribution < -0.4 is 5.32 Å². The summed E-state index contributed by atoms with van der Waals surface area (Å²) in [5.41, 5.74) is 1.03. The first-order valence-corrected chi connectivity index (χ1v) is 7.49. The lowest BCUT2D eigenvalue weighted by Crippen LogP contribution is -2.43. The summed E-state index contributed by atoms with van der Waals surface area (Å²) in [5.74, 6) is -0.0933. The van der Waals surface area contributed by atoms with Gasteiger partial charge in [-0.05, 0) is 5.56 Å². The average Bonchev–Trinajstić information content (AvgIpc) is 2.59. The topological polar surface area (TPSA) is 71.0 Å². The number of hydrogen-bond donors (Lipinski definition) is 2. The molecule has 128 valence electrons. The van der Waals surface area contributed by atoms with Crippen LogP contribution in [0.1, 0.15) is 5.56 Å². The number of hydrogen-bond acceptors (Lipinski definition) is 5. The third kappa shape index (κ3) is 7.38. The molecular formula is C17H26N2O4. The van der Waals surface area contributed by atoms with E-state index in [1.807, 2.05) is 30.3 Å². The van der Waals surface area contributed by atoms with Crippen LogP contribution in [0.15, 0.2) is 43.0 Å². The number of ether oxygens (including phenoxy) is 2. The Morgan fingerprint density at radius 1 is 1.35 bits per heavy atom. The summed E-state index contributed by atoms with van der Waals surface area (Å²) in [6.07, 6.45) is 0.267. The van der Waals surface area contributed by atoms with Crippen LogP contribution in [0.4, 0.5) is 0 Å². The molecule has 0 aliphatic rings. The van der Waals surface area contributed by atoms with E-state index in [1.54, 1.807) is 4.90 Å². The molecule has 23 heavy (non-hydrogen) atoms. The van der Waals surface area contributed by atoms with Crippen molar-refractivity contribution >= 4 is 5.91 Å². The van der Waals surface area contributed by atoms with Crippen LogP contribution in [0.25, 0.3) is 0 Å². The molecule has 1 aromatic carbocycles. The molecule has 0 fully saturated rings. The Hall–Kier alpha value is -1.73. The average molecular weight is 322 g/mol. The summed E-state index contributed by atoms with van der Waals surface area (Å²) < 4.78 is 10.4. The van der Waals surface area contributed by atoms with Crippen LogP contribution in [0.3, 0.4) is 0 Å². The van der Waals surface area contributed by atoms with Gasteiger partial charge in [0.1, 0.15) is 0 Å². The third-order valence-electron chi connectivity index (χ3n) is 3.37. The minimum Gasteiger partial charge on any atom is -0.388 e. The number of carbonyl (C=O) groups excluding carboxylic acids is 1. The van der Waals surface area contributed by atoms with Gasteiger partial charge >= 0.3 is 0 Å². The van der Waals surface area contributed by atoms with E-state index >= 15 is 0 Å². The van der Waals surface area contributed by atoms with Crippen LogP contribution in [0, 0.1) is 0 Å². The van der Waals surface area contributed by atoms with Gasteiger partial charge in [0.15, 0.2) is 6.29 Å². The number of benzene rings is 1. The SMILES string of the molecule is C=CC(O)CNCC(=O)N(Cc1ccccc1)CC(OC)OC. The first kappa shape index (κ1) is 19.3. The number of methoxy groups -OCH3 is 2. The predicted octanol–water partition coefficient (Wildman–Crippen LogP) is 0.771. The molecule has 1 aromatic rings. The van der Waals surface area contributed by atoms with Crippen LogP contribution >= 0.6 is 0 Å². The normalized spacial score (nSPS) is 12.2. The van der Waals surface area contributed by atoms with Gasteiger partial charge in [-0.1, -0.05) is 36.4 Å². The maximum Gasteiger partial charge on any atom is 0.237 e. The zero-order chi connectivity index (χ0) is 17.1. The van der Waals surface area contributed by atoms with Crippen molar-refractivity contribution in [3.8, 4) is 0 Å². The van der Waals surface area contributed by atoms with Crippen molar-refractivity contribution in [2.45, 2.75) is 18.9 Å². The Morgan fingerprint density at radius 3 is 2.57 bits per heavy atom. The highest BCUT2D eigenvalue weighted by Crippen LogP contribution is 2.07. The number of nitrogens with zero attached hydrogens (tertiary/aromatic N) is 1. The lowest BCUT2D eigenvalue weighted by molar-refractivity contribution is -0.145. The minimum absolute atomic E-state index is 0.0933. The van der Waals surface area contributed by atoms with E-state index in [0.29, 0.717) is 13.1 Å². The molecule has 6 nitrogen and oxygen atoms in total. The van der Waals surface area contributed by atoms with Gasteiger partial charge in [-0.3, -0.25) is 4.79 Å². The molecule has 1 atom stereocenters. The fourth-order valence-electron chi connectivity index (χ4n) is 2.01. The molecule has 0 aliphatic heterocycles. The molecule has 1 amide bonds. The van der Waals surface area contributed by atoms with E-state index < -0.39 is 12.4 Å². The van der Waals surface area contributed by atoms with E-state index in [2.05, 4.69) is 11.9 Å². The van der Waals surface area contributed by atoms with Crippen molar-refractivity contribution in [2.24, 2.45) is 0 Å². The summed E-state index contributed by atoms with van der Waals surface area (Å²) in [7, 11) is 3.08. The van der Waals surface area contributed by atoms with Crippen molar-refractivity contribution in [3.63, 3.8) is 0 Å². The number of carbonyl (C=O) groups is 1. The van der Waals surface area contributed by atoms with Crippen LogP contribution in [-0.2, 0) is 20.8 Å². The monoisotopic (exact) mass is 322 g/mol. The number of nitrogens with one attached hydrogen (secondary N) is 1. The standard InChI is InChI=1S/C17H26N2O4/c1-4-15(20)10-18-11-16(21)19(13-17(22-2)23-3)12-14-8-6-5-7-9-14/h4-9,15,17-18,20H,1,10-13H2,2-3H3. The fourth-order valence-corrected chi connectivity index (χ4v) is 2.01. The van der Waals surface area contributed by atoms with E-state index in [1.165, 1.54) is 20.3 Å². The number of aliphatic hydroxyl groups is 1. The van der Waals surface area contributed by atoms with Gasteiger partial charge < -0.3 is 24.8 Å². The molecule has 0 bridgehead atoms. The molecule has 6 heteroatoms. The van der Waals surface area contributed by atoms with Crippen molar-refractivity contribution in [2.75, 3.05) is 33.9 Å². The molecule has 0 aromatic heterocycles. The van der Waals surface area contributed by atoms with Crippen molar-refractivity contribution < 1.29 is 19.4 Å². The highest BCUT2D eigenvalue weighted by atomic mass is 16.7. The summed E-state index contributed by atoms with van der Waals surface area (Å²) in [5, 5.41) is 12.3. The summed E-state index contributed by atoms with van der Waals surface area (Å²) in [6.45, 7) is 4.69. The zero-order valence-corrected chi connectivity index (χ0v) is 13.8. The minimum atomic E-state index is -0.670. The van der Waals surface area contributed by atoms with Gasteiger partial charge in [-0.15, -0.1) is 6.58 Å². The lowest BCUT2D eigenvalue weighted by atomic mass is 10.2. The van der Waals surface area contributed by atoms with E-state index in [0.717, 1.165) is 5.56 Å². The van der Waals surface area contributed by atoms with Gasteiger partial charge in [0, 0.05) is 27.3 Å². The molecule has 1 unspecified atom stereocenters. The zero-order valence-electron chi connectivity index (χ0n) is 13.8. The Morgan fingerprint density at radius 2 is 2.00 bits per heavy atom. The van der Waals surface area contributed by atoms with Gasteiger partial charge in [0.2, 0.25) is 5.91 Å². The molecular weight excluding hydrogens is 296 g/mol. The number of aliphatic hydroxyl groups excluding tert-OH is 1. The Labute approximate surface area is 137 Å². The van der Waals surface area contributed by atoms with Gasteiger partial charge in [-0.2, -0.15) is 0 Å². The number of amides is 1. The second-order valence-corrected chi connectivity index (χ2v) is 5.09. The van der Waals surface area contributed by atoms with Crippen molar-refractivity contribution in [1.82, 2.24) is 10.2 Å². The Kier molecular flexibility index (Phi) is 9.16. The predicted molar refractivity (Wildman–Crippen MR) is 88.7 cm³/mol. The Balaban J connectivity index is 2.65. The summed E-state index contributed by atoms with van der Waals surface area (Å²) >= 11 is 0. The van der Waals surface area contributed by atoms with E-state index in [-0.39, 0.29) is 19.0 Å². The molecule has 0 saturated heterocycles. The smallest absolute Gasteiger partial charge is 0.237 e. The van der Waals surface area contributed by atoms with Crippen LogP contribution in [0.2, 0.25) is 0 Å². The van der Waals surface area contributed by atoms with Gasteiger partial charge in [0.05, 0.1) is 19.2 Å². The molecule has 1 rings (SSSR count). The van der Waals surface area contributed by atoms with Crippen LogP contribution in [-0.4, -0.2) is 62.2 Å². The largest absolute Gasteiger partial charge is 0.388 e. The molecule has 0 heterocycles. The molecule has 0 radical (unpaired) electrons. The summed E-state index contributed by atoms with van der Waals surface area (Å²) in [6, 6.07) is 9.72. The molecule has 0 spiro atoms. The third-order valence-corrected chi connectivity index (χ3v) is 3.37. The molecule has 0 saturated carbocycles. The maximum atomic E-state index is 12.4. The highest BCUT2D eigenvalue weighted by molar-refractivity contribution is 5.78. The van der Waals surface area contributed by atoms with Gasteiger partial charge in [-0.25, -0.2) is 0 Å². The van der Waals surface area contributed by atoms with E-state index in [4.69, 9.17) is 9.47 Å². The van der Waals surface area contributed by atoms with Gasteiger partial charge in [0.25, 0.3) is 0 Å². The number of rotatable bonds is 11. The maximum absolute atomic E-state index is 12.4. The van der Waals surface area contributed by atoms with Crippen molar-refractivity contribution in [1.29, 1.82) is 0 Å². The van der Waals surface area contributed by atoms with E-state index in [9.17, 15) is 9.90 Å². The quantitative estimate of drug-likeness (QED) is 0.465. The lowest BCUT2D eigenvalue weighted by Gasteiger charge is -2.26. The fraction of sp³-hybridized carbons (Fsp3) is 0.471. The first-order valence-electron chi connectivity index (χ1n) is 7.49.